The third-order valence-corrected chi connectivity index (χ3v) is 4.46. The number of hydrogen-bond donors (Lipinski definition) is 0. The summed E-state index contributed by atoms with van der Waals surface area (Å²) in [6.07, 6.45) is 1.15. The van der Waals surface area contributed by atoms with Crippen molar-refractivity contribution in [3.05, 3.63) is 11.7 Å². The fraction of sp³-hybridized carbons (Fsp3) is 0.750. The number of nitrogens with zero attached hydrogens (tertiary/aromatic N) is 3. The molecule has 1 aromatic rings. The van der Waals surface area contributed by atoms with Crippen LogP contribution < -0.4 is 0 Å². The molecule has 0 bridgehead atoms. The van der Waals surface area contributed by atoms with Gasteiger partial charge in [-0.25, -0.2) is 0 Å². The predicted molar refractivity (Wildman–Crippen MR) is 66.4 cm³/mol. The van der Waals surface area contributed by atoms with Gasteiger partial charge in [-0.15, -0.1) is 0 Å². The molecule has 2 rings (SSSR count). The van der Waals surface area contributed by atoms with Gasteiger partial charge in [-0.2, -0.15) is 22.0 Å². The summed E-state index contributed by atoms with van der Waals surface area (Å²) in [7, 11) is 0. The molecule has 0 radical (unpaired) electrons. The monoisotopic (exact) mass is 251 g/mol. The van der Waals surface area contributed by atoms with E-state index in [9.17, 15) is 0 Å². The highest BCUT2D eigenvalue weighted by molar-refractivity contribution is 7.98. The Morgan fingerprint density at radius 2 is 2.29 bits per heavy atom. The Bertz CT molecular complexity index is 435. The molecule has 5 heteroatoms. The van der Waals surface area contributed by atoms with Crippen LogP contribution in [0, 0.1) is 22.7 Å². The third kappa shape index (κ3) is 2.32. The number of nitriles is 1. The van der Waals surface area contributed by atoms with Gasteiger partial charge in [0, 0.05) is 0 Å². The van der Waals surface area contributed by atoms with Crippen molar-refractivity contribution in [2.75, 3.05) is 5.75 Å². The molecule has 4 nitrogen and oxygen atoms in total. The molecule has 1 saturated carbocycles. The standard InChI is InChI=1S/C12H17N3OS/c1-4-5-17-7-9-14-11(16-15-9)10-8(6-13)12(10,2)3/h8,10H,4-5,7H2,1-3H3. The highest BCUT2D eigenvalue weighted by atomic mass is 32.2. The summed E-state index contributed by atoms with van der Waals surface area (Å²) in [5, 5.41) is 13.0. The Morgan fingerprint density at radius 1 is 1.53 bits per heavy atom. The highest BCUT2D eigenvalue weighted by Crippen LogP contribution is 2.63. The third-order valence-electron chi connectivity index (χ3n) is 3.30. The van der Waals surface area contributed by atoms with Gasteiger partial charge in [0.25, 0.3) is 0 Å². The second-order valence-corrected chi connectivity index (χ2v) is 6.11. The van der Waals surface area contributed by atoms with Crippen LogP contribution in [0.5, 0.6) is 0 Å². The largest absolute Gasteiger partial charge is 0.339 e. The number of rotatable bonds is 5. The highest BCUT2D eigenvalue weighted by Gasteiger charge is 2.62. The van der Waals surface area contributed by atoms with E-state index in [0.29, 0.717) is 5.89 Å². The van der Waals surface area contributed by atoms with Crippen LogP contribution in [0.4, 0.5) is 0 Å². The molecule has 1 heterocycles. The van der Waals surface area contributed by atoms with E-state index >= 15 is 0 Å². The lowest BCUT2D eigenvalue weighted by atomic mass is 10.1. The van der Waals surface area contributed by atoms with Crippen molar-refractivity contribution < 1.29 is 4.52 Å². The molecule has 0 aliphatic heterocycles. The van der Waals surface area contributed by atoms with Crippen LogP contribution in [0.3, 0.4) is 0 Å². The predicted octanol–water partition coefficient (Wildman–Crippen LogP) is 2.98. The van der Waals surface area contributed by atoms with E-state index in [-0.39, 0.29) is 17.3 Å². The van der Waals surface area contributed by atoms with Crippen molar-refractivity contribution in [3.63, 3.8) is 0 Å². The topological polar surface area (TPSA) is 62.7 Å². The van der Waals surface area contributed by atoms with Gasteiger partial charge >= 0.3 is 0 Å². The van der Waals surface area contributed by atoms with Gasteiger partial charge in [0.2, 0.25) is 5.89 Å². The van der Waals surface area contributed by atoms with E-state index in [1.807, 2.05) is 11.8 Å². The molecule has 92 valence electrons. The van der Waals surface area contributed by atoms with Gasteiger partial charge in [0.1, 0.15) is 0 Å². The fourth-order valence-electron chi connectivity index (χ4n) is 2.10. The fourth-order valence-corrected chi connectivity index (χ4v) is 2.83. The molecular weight excluding hydrogens is 234 g/mol. The van der Waals surface area contributed by atoms with E-state index in [1.54, 1.807) is 0 Å². The van der Waals surface area contributed by atoms with E-state index in [2.05, 4.69) is 37.0 Å². The smallest absolute Gasteiger partial charge is 0.231 e. The van der Waals surface area contributed by atoms with E-state index < -0.39 is 0 Å². The zero-order valence-corrected chi connectivity index (χ0v) is 11.3. The number of aromatic nitrogens is 2. The van der Waals surface area contributed by atoms with Gasteiger partial charge in [-0.1, -0.05) is 25.9 Å². The van der Waals surface area contributed by atoms with Crippen molar-refractivity contribution in [3.8, 4) is 6.07 Å². The van der Waals surface area contributed by atoms with Crippen LogP contribution in [0.1, 0.15) is 44.8 Å². The van der Waals surface area contributed by atoms with Crippen LogP contribution in [-0.2, 0) is 5.75 Å². The molecule has 1 aromatic heterocycles. The number of hydrogen-bond acceptors (Lipinski definition) is 5. The second kappa shape index (κ2) is 4.69. The Kier molecular flexibility index (Phi) is 3.43. The first-order chi connectivity index (χ1) is 8.11. The zero-order valence-electron chi connectivity index (χ0n) is 10.4. The summed E-state index contributed by atoms with van der Waals surface area (Å²) in [6, 6.07) is 2.31. The van der Waals surface area contributed by atoms with Gasteiger partial charge in [0.15, 0.2) is 5.82 Å². The minimum absolute atomic E-state index is 0.0131. The van der Waals surface area contributed by atoms with Gasteiger partial charge in [0.05, 0.1) is 23.7 Å². The summed E-state index contributed by atoms with van der Waals surface area (Å²) in [4.78, 5) is 4.39. The Morgan fingerprint density at radius 3 is 2.88 bits per heavy atom. The van der Waals surface area contributed by atoms with Crippen molar-refractivity contribution >= 4 is 11.8 Å². The maximum atomic E-state index is 9.01. The van der Waals surface area contributed by atoms with E-state index in [1.165, 1.54) is 0 Å². The molecule has 17 heavy (non-hydrogen) atoms. The maximum absolute atomic E-state index is 9.01. The lowest BCUT2D eigenvalue weighted by Gasteiger charge is -1.95. The summed E-state index contributed by atoms with van der Waals surface area (Å²) in [6.45, 7) is 6.29. The lowest BCUT2D eigenvalue weighted by Crippen LogP contribution is -1.91. The zero-order chi connectivity index (χ0) is 12.5. The normalized spacial score (nSPS) is 25.5. The van der Waals surface area contributed by atoms with Crippen LogP contribution in [0.15, 0.2) is 4.52 Å². The molecule has 2 unspecified atom stereocenters. The molecule has 0 N–H and O–H groups in total. The first-order valence-corrected chi connectivity index (χ1v) is 7.06. The van der Waals surface area contributed by atoms with Gasteiger partial charge < -0.3 is 4.52 Å². The molecule has 1 aliphatic rings. The van der Waals surface area contributed by atoms with E-state index in [4.69, 9.17) is 9.78 Å². The van der Waals surface area contributed by atoms with Gasteiger partial charge in [-0.05, 0) is 17.6 Å². The van der Waals surface area contributed by atoms with Crippen molar-refractivity contribution in [2.24, 2.45) is 11.3 Å². The molecular formula is C12H17N3OS. The molecule has 0 spiro atoms. The average Bonchev–Trinajstić information content (AvgIpc) is 2.65. The minimum atomic E-state index is -0.0187. The first kappa shape index (κ1) is 12.4. The maximum Gasteiger partial charge on any atom is 0.231 e. The summed E-state index contributed by atoms with van der Waals surface area (Å²) < 4.78 is 5.26. The number of thioether (sulfide) groups is 1. The molecule has 1 fully saturated rings. The van der Waals surface area contributed by atoms with Crippen LogP contribution in [-0.4, -0.2) is 15.9 Å². The summed E-state index contributed by atoms with van der Waals surface area (Å²) >= 11 is 1.81. The molecule has 2 atom stereocenters. The minimum Gasteiger partial charge on any atom is -0.339 e. The summed E-state index contributed by atoms with van der Waals surface area (Å²) in [5.41, 5.74) is -0.0187. The van der Waals surface area contributed by atoms with E-state index in [0.717, 1.165) is 23.8 Å². The van der Waals surface area contributed by atoms with Crippen molar-refractivity contribution in [1.29, 1.82) is 5.26 Å². The Labute approximate surface area is 106 Å². The molecule has 1 aliphatic carbocycles. The average molecular weight is 251 g/mol. The van der Waals surface area contributed by atoms with Crippen molar-refractivity contribution in [1.82, 2.24) is 10.1 Å². The van der Waals surface area contributed by atoms with Crippen LogP contribution in [0.2, 0.25) is 0 Å². The van der Waals surface area contributed by atoms with Crippen LogP contribution >= 0.6 is 11.8 Å². The van der Waals surface area contributed by atoms with Crippen molar-refractivity contribution in [2.45, 2.75) is 38.9 Å². The SMILES string of the molecule is CCCSCc1noc(C2C(C#N)C2(C)C)n1. The Balaban J connectivity index is 1.98. The molecule has 0 aromatic carbocycles. The quantitative estimate of drug-likeness (QED) is 0.753. The van der Waals surface area contributed by atoms with Crippen LogP contribution in [0.25, 0.3) is 0 Å². The Hall–Kier alpha value is -1.02. The summed E-state index contributed by atoms with van der Waals surface area (Å²) in [5.74, 6) is 3.41. The van der Waals surface area contributed by atoms with Gasteiger partial charge in [-0.3, -0.25) is 0 Å². The second-order valence-electron chi connectivity index (χ2n) is 5.01. The first-order valence-electron chi connectivity index (χ1n) is 5.91. The molecule has 0 amide bonds. The lowest BCUT2D eigenvalue weighted by molar-refractivity contribution is 0.364. The molecule has 0 saturated heterocycles.